The first-order valence-electron chi connectivity index (χ1n) is 6.02. The van der Waals surface area contributed by atoms with Gasteiger partial charge >= 0.3 is 0 Å². The van der Waals surface area contributed by atoms with Crippen molar-refractivity contribution in [2.45, 2.75) is 18.7 Å². The summed E-state index contributed by atoms with van der Waals surface area (Å²) in [6.45, 7) is 0.755. The van der Waals surface area contributed by atoms with Crippen LogP contribution in [0.3, 0.4) is 0 Å². The van der Waals surface area contributed by atoms with E-state index >= 15 is 0 Å². The van der Waals surface area contributed by atoms with Gasteiger partial charge < -0.3 is 4.74 Å². The van der Waals surface area contributed by atoms with Crippen LogP contribution in [0.4, 0.5) is 4.39 Å². The number of benzene rings is 1. The lowest BCUT2D eigenvalue weighted by Gasteiger charge is -2.20. The molecule has 2 rings (SSSR count). The van der Waals surface area contributed by atoms with Crippen molar-refractivity contribution >= 4 is 21.7 Å². The van der Waals surface area contributed by atoms with Gasteiger partial charge in [0.05, 0.1) is 17.7 Å². The molecule has 1 atom stereocenters. The van der Waals surface area contributed by atoms with E-state index in [2.05, 4.69) is 15.9 Å². The number of carbonyl (C=O) groups excluding carboxylic acids is 1. The predicted octanol–water partition coefficient (Wildman–Crippen LogP) is 3.72. The fourth-order valence-corrected chi connectivity index (χ4v) is 2.28. The molecule has 1 aromatic carbocycles. The SMILES string of the molecule is O=C1C=C[C@@](F)(CCOCc2ccccc2)C=C1Br. The first kappa shape index (κ1) is 14.2. The van der Waals surface area contributed by atoms with Crippen LogP contribution in [0.15, 0.2) is 53.0 Å². The zero-order valence-corrected chi connectivity index (χ0v) is 11.9. The van der Waals surface area contributed by atoms with Crippen LogP contribution < -0.4 is 0 Å². The highest BCUT2D eigenvalue weighted by Crippen LogP contribution is 2.28. The molecule has 1 aliphatic carbocycles. The lowest BCUT2D eigenvalue weighted by molar-refractivity contribution is -0.110. The van der Waals surface area contributed by atoms with Crippen LogP contribution in [0, 0.1) is 0 Å². The van der Waals surface area contributed by atoms with E-state index in [1.165, 1.54) is 18.2 Å². The average Bonchev–Trinajstić information content (AvgIpc) is 2.41. The third-order valence-electron chi connectivity index (χ3n) is 2.85. The molecule has 0 N–H and O–H groups in total. The van der Waals surface area contributed by atoms with Crippen LogP contribution in [0.5, 0.6) is 0 Å². The van der Waals surface area contributed by atoms with Gasteiger partial charge in [-0.2, -0.15) is 0 Å². The number of ketones is 1. The molecule has 0 unspecified atom stereocenters. The smallest absolute Gasteiger partial charge is 0.192 e. The highest BCUT2D eigenvalue weighted by Gasteiger charge is 2.28. The maximum Gasteiger partial charge on any atom is 0.192 e. The minimum atomic E-state index is -1.61. The number of hydrogen-bond acceptors (Lipinski definition) is 2. The molecule has 2 nitrogen and oxygen atoms in total. The summed E-state index contributed by atoms with van der Waals surface area (Å²) in [6.07, 6.45) is 4.02. The van der Waals surface area contributed by atoms with Gasteiger partial charge in [-0.05, 0) is 39.7 Å². The van der Waals surface area contributed by atoms with Gasteiger partial charge in [0.2, 0.25) is 0 Å². The lowest BCUT2D eigenvalue weighted by Crippen LogP contribution is -2.23. The minimum Gasteiger partial charge on any atom is -0.377 e. The summed E-state index contributed by atoms with van der Waals surface area (Å²) >= 11 is 3.05. The van der Waals surface area contributed by atoms with Crippen LogP contribution in [-0.2, 0) is 16.1 Å². The molecule has 19 heavy (non-hydrogen) atoms. The van der Waals surface area contributed by atoms with Gasteiger partial charge in [-0.15, -0.1) is 0 Å². The van der Waals surface area contributed by atoms with Crippen molar-refractivity contribution in [3.05, 3.63) is 58.6 Å². The van der Waals surface area contributed by atoms with Gasteiger partial charge in [-0.1, -0.05) is 30.3 Å². The molecular formula is C15H14BrFO2. The lowest BCUT2D eigenvalue weighted by atomic mass is 9.96. The molecule has 100 valence electrons. The maximum atomic E-state index is 14.3. The van der Waals surface area contributed by atoms with Gasteiger partial charge in [-0.3, -0.25) is 4.79 Å². The Balaban J connectivity index is 1.80. The summed E-state index contributed by atoms with van der Waals surface area (Å²) in [5, 5.41) is 0. The number of allylic oxidation sites excluding steroid dienone is 4. The second-order valence-electron chi connectivity index (χ2n) is 4.40. The molecule has 1 aliphatic rings. The minimum absolute atomic E-state index is 0.193. The Morgan fingerprint density at radius 1 is 1.26 bits per heavy atom. The molecule has 0 aromatic heterocycles. The summed E-state index contributed by atoms with van der Waals surface area (Å²) in [6, 6.07) is 9.73. The van der Waals surface area contributed by atoms with E-state index in [1.54, 1.807) is 0 Å². The van der Waals surface area contributed by atoms with E-state index in [-0.39, 0.29) is 16.7 Å². The van der Waals surface area contributed by atoms with Crippen molar-refractivity contribution in [2.75, 3.05) is 6.61 Å². The van der Waals surface area contributed by atoms with Crippen molar-refractivity contribution in [1.82, 2.24) is 0 Å². The quantitative estimate of drug-likeness (QED) is 0.771. The summed E-state index contributed by atoms with van der Waals surface area (Å²) < 4.78 is 20.0. The van der Waals surface area contributed by atoms with E-state index in [0.717, 1.165) is 5.56 Å². The van der Waals surface area contributed by atoms with Crippen molar-refractivity contribution < 1.29 is 13.9 Å². The van der Waals surface area contributed by atoms with Crippen LogP contribution >= 0.6 is 15.9 Å². The van der Waals surface area contributed by atoms with Crippen LogP contribution in [0.2, 0.25) is 0 Å². The molecule has 1 aromatic rings. The Morgan fingerprint density at radius 3 is 2.68 bits per heavy atom. The molecule has 0 amide bonds. The fourth-order valence-electron chi connectivity index (χ4n) is 1.77. The Labute approximate surface area is 120 Å². The number of hydrogen-bond donors (Lipinski definition) is 0. The summed E-state index contributed by atoms with van der Waals surface area (Å²) in [5.41, 5.74) is -0.551. The van der Waals surface area contributed by atoms with Crippen molar-refractivity contribution in [1.29, 1.82) is 0 Å². The monoisotopic (exact) mass is 324 g/mol. The third kappa shape index (κ3) is 4.11. The molecule has 0 saturated carbocycles. The van der Waals surface area contributed by atoms with E-state index < -0.39 is 5.67 Å². The van der Waals surface area contributed by atoms with E-state index in [1.807, 2.05) is 30.3 Å². The second-order valence-corrected chi connectivity index (χ2v) is 5.26. The number of halogens is 2. The van der Waals surface area contributed by atoms with E-state index in [0.29, 0.717) is 13.2 Å². The van der Waals surface area contributed by atoms with Gasteiger partial charge in [0.1, 0.15) is 0 Å². The first-order valence-corrected chi connectivity index (χ1v) is 6.81. The molecule has 0 fully saturated rings. The Hall–Kier alpha value is -1.26. The summed E-state index contributed by atoms with van der Waals surface area (Å²) in [4.78, 5) is 11.2. The zero-order chi connectivity index (χ0) is 13.7. The van der Waals surface area contributed by atoms with Crippen molar-refractivity contribution in [3.63, 3.8) is 0 Å². The standard InChI is InChI=1S/C15H14BrFO2/c16-13-10-15(17,7-6-14(13)18)8-9-19-11-12-4-2-1-3-5-12/h1-7,10H,8-9,11H2/t15-/m1/s1. The van der Waals surface area contributed by atoms with Crippen LogP contribution in [-0.4, -0.2) is 18.1 Å². The third-order valence-corrected chi connectivity index (χ3v) is 3.47. The number of carbonyl (C=O) groups is 1. The largest absolute Gasteiger partial charge is 0.377 e. The average molecular weight is 325 g/mol. The molecular weight excluding hydrogens is 311 g/mol. The first-order chi connectivity index (χ1) is 9.09. The molecule has 0 bridgehead atoms. The summed E-state index contributed by atoms with van der Waals surface area (Å²) in [7, 11) is 0. The maximum absolute atomic E-state index is 14.3. The Kier molecular flexibility index (Phi) is 4.66. The molecule has 0 radical (unpaired) electrons. The van der Waals surface area contributed by atoms with Gasteiger partial charge in [-0.25, -0.2) is 4.39 Å². The normalized spacial score (nSPS) is 22.4. The Bertz CT molecular complexity index is 510. The van der Waals surface area contributed by atoms with Crippen LogP contribution in [0.1, 0.15) is 12.0 Å². The highest BCUT2D eigenvalue weighted by molar-refractivity contribution is 9.12. The fraction of sp³-hybridized carbons (Fsp3) is 0.267. The topological polar surface area (TPSA) is 26.3 Å². The number of ether oxygens (including phenoxy) is 1. The van der Waals surface area contributed by atoms with E-state index in [9.17, 15) is 9.18 Å². The predicted molar refractivity (Wildman–Crippen MR) is 75.7 cm³/mol. The van der Waals surface area contributed by atoms with Gasteiger partial charge in [0.15, 0.2) is 11.5 Å². The molecule has 0 heterocycles. The number of alkyl halides is 1. The van der Waals surface area contributed by atoms with E-state index in [4.69, 9.17) is 4.74 Å². The van der Waals surface area contributed by atoms with Gasteiger partial charge in [0, 0.05) is 6.42 Å². The van der Waals surface area contributed by atoms with Gasteiger partial charge in [0.25, 0.3) is 0 Å². The molecule has 0 saturated heterocycles. The summed E-state index contributed by atoms with van der Waals surface area (Å²) in [5.74, 6) is -0.210. The Morgan fingerprint density at radius 2 is 2.00 bits per heavy atom. The van der Waals surface area contributed by atoms with Crippen molar-refractivity contribution in [2.24, 2.45) is 0 Å². The van der Waals surface area contributed by atoms with Crippen molar-refractivity contribution in [3.8, 4) is 0 Å². The zero-order valence-electron chi connectivity index (χ0n) is 10.3. The molecule has 0 spiro atoms. The van der Waals surface area contributed by atoms with Crippen LogP contribution in [0.25, 0.3) is 0 Å². The molecule has 0 aliphatic heterocycles. The highest BCUT2D eigenvalue weighted by atomic mass is 79.9. The number of rotatable bonds is 5. The molecule has 4 heteroatoms. The second kappa shape index (κ2) is 6.26.